The van der Waals surface area contributed by atoms with Crippen molar-refractivity contribution >= 4 is 23.5 Å². The van der Waals surface area contributed by atoms with Crippen molar-refractivity contribution in [1.82, 2.24) is 15.3 Å². The molecule has 0 radical (unpaired) electrons. The zero-order valence-electron chi connectivity index (χ0n) is 17.7. The first-order valence-electron chi connectivity index (χ1n) is 11.4. The third kappa shape index (κ3) is 4.15. The van der Waals surface area contributed by atoms with Crippen LogP contribution in [0.4, 0.5) is 5.95 Å². The van der Waals surface area contributed by atoms with Crippen molar-refractivity contribution in [1.29, 1.82) is 0 Å². The number of carbonyl (C=O) groups is 1. The molecule has 2 aliphatic heterocycles. The summed E-state index contributed by atoms with van der Waals surface area (Å²) in [6.07, 6.45) is 7.68. The number of hydrogen-bond donors (Lipinski definition) is 1. The van der Waals surface area contributed by atoms with Crippen LogP contribution in [-0.4, -0.2) is 48.2 Å². The molecule has 1 N–H and O–H groups in total. The Morgan fingerprint density at radius 2 is 1.90 bits per heavy atom. The van der Waals surface area contributed by atoms with Crippen LogP contribution in [0, 0.1) is 0 Å². The van der Waals surface area contributed by atoms with E-state index in [-0.39, 0.29) is 11.9 Å². The van der Waals surface area contributed by atoms with E-state index in [2.05, 4.69) is 15.2 Å². The van der Waals surface area contributed by atoms with Crippen LogP contribution in [0.25, 0.3) is 0 Å². The highest BCUT2D eigenvalue weighted by Gasteiger charge is 2.46. The second kappa shape index (κ2) is 8.75. The topological polar surface area (TPSA) is 67.4 Å². The third-order valence-electron chi connectivity index (χ3n) is 7.15. The Morgan fingerprint density at radius 3 is 2.61 bits per heavy atom. The Kier molecular flexibility index (Phi) is 5.85. The van der Waals surface area contributed by atoms with Crippen molar-refractivity contribution in [3.8, 4) is 0 Å². The van der Waals surface area contributed by atoms with Gasteiger partial charge in [-0.25, -0.2) is 9.97 Å². The Hall–Kier alpha value is -2.18. The highest BCUT2D eigenvalue weighted by atomic mass is 35.5. The van der Waals surface area contributed by atoms with E-state index in [4.69, 9.17) is 21.3 Å². The predicted molar refractivity (Wildman–Crippen MR) is 121 cm³/mol. The van der Waals surface area contributed by atoms with Crippen molar-refractivity contribution in [2.75, 3.05) is 31.2 Å². The van der Waals surface area contributed by atoms with Gasteiger partial charge in [-0.2, -0.15) is 0 Å². The van der Waals surface area contributed by atoms with Crippen molar-refractivity contribution in [2.24, 2.45) is 0 Å². The van der Waals surface area contributed by atoms with Crippen LogP contribution in [0.2, 0.25) is 5.02 Å². The Morgan fingerprint density at radius 1 is 1.13 bits per heavy atom. The zero-order valence-corrected chi connectivity index (χ0v) is 18.5. The van der Waals surface area contributed by atoms with E-state index in [1.54, 1.807) is 0 Å². The molecule has 1 amide bonds. The number of hydrogen-bond acceptors (Lipinski definition) is 5. The smallest absolute Gasteiger partial charge is 0.230 e. The molecule has 3 aliphatic rings. The van der Waals surface area contributed by atoms with Gasteiger partial charge in [-0.15, -0.1) is 0 Å². The number of nitrogens with zero attached hydrogens (tertiary/aromatic N) is 3. The fourth-order valence-electron chi connectivity index (χ4n) is 5.06. The molecule has 1 aromatic carbocycles. The van der Waals surface area contributed by atoms with E-state index in [0.717, 1.165) is 82.0 Å². The van der Waals surface area contributed by atoms with E-state index in [1.165, 1.54) is 0 Å². The second-order valence-electron chi connectivity index (χ2n) is 9.02. The van der Waals surface area contributed by atoms with Gasteiger partial charge in [0, 0.05) is 55.2 Å². The number of aromatic nitrogens is 2. The predicted octanol–water partition coefficient (Wildman–Crippen LogP) is 3.84. The lowest BCUT2D eigenvalue weighted by Crippen LogP contribution is -2.52. The van der Waals surface area contributed by atoms with Gasteiger partial charge in [0.25, 0.3) is 0 Å². The quantitative estimate of drug-likeness (QED) is 0.765. The summed E-state index contributed by atoms with van der Waals surface area (Å²) in [5.74, 6) is 1.37. The van der Waals surface area contributed by atoms with Gasteiger partial charge in [-0.05, 0) is 55.9 Å². The number of amides is 1. The summed E-state index contributed by atoms with van der Waals surface area (Å²) < 4.78 is 5.48. The van der Waals surface area contributed by atoms with Crippen molar-refractivity contribution < 1.29 is 9.53 Å². The largest absolute Gasteiger partial charge is 0.381 e. The van der Waals surface area contributed by atoms with E-state index in [0.29, 0.717) is 10.9 Å². The maximum absolute atomic E-state index is 13.3. The third-order valence-corrected chi connectivity index (χ3v) is 7.40. The highest BCUT2D eigenvalue weighted by molar-refractivity contribution is 6.30. The first-order chi connectivity index (χ1) is 15.1. The van der Waals surface area contributed by atoms with Crippen LogP contribution in [0.3, 0.4) is 0 Å². The van der Waals surface area contributed by atoms with Gasteiger partial charge in [0.05, 0.1) is 5.41 Å². The highest BCUT2D eigenvalue weighted by Crippen LogP contribution is 2.44. The maximum Gasteiger partial charge on any atom is 0.230 e. The van der Waals surface area contributed by atoms with Crippen LogP contribution < -0.4 is 10.2 Å². The summed E-state index contributed by atoms with van der Waals surface area (Å²) in [5.41, 5.74) is 1.78. The molecule has 1 saturated carbocycles. The molecule has 2 saturated heterocycles. The normalized spacial score (nSPS) is 23.4. The zero-order chi connectivity index (χ0) is 21.3. The molecule has 7 heteroatoms. The summed E-state index contributed by atoms with van der Waals surface area (Å²) in [5, 5.41) is 4.03. The lowest BCUT2D eigenvalue weighted by Gasteiger charge is -2.41. The molecule has 2 aromatic rings. The van der Waals surface area contributed by atoms with Gasteiger partial charge < -0.3 is 15.0 Å². The number of ether oxygens (including phenoxy) is 1. The van der Waals surface area contributed by atoms with E-state index >= 15 is 0 Å². The molecule has 1 aromatic heterocycles. The first-order valence-corrected chi connectivity index (χ1v) is 11.7. The molecule has 0 spiro atoms. The summed E-state index contributed by atoms with van der Waals surface area (Å²) in [4.78, 5) is 24.9. The monoisotopic (exact) mass is 440 g/mol. The standard InChI is InChI=1S/C24H29ClN4O2/c25-19-4-2-18(3-5-19)24(10-1-11-24)22(30)27-20-7-13-29(16-20)23-26-12-6-21(28-23)17-8-14-31-15-9-17/h2-6,12,17,20H,1,7-11,13-16H2,(H,27,30). The average Bonchev–Trinajstić information content (AvgIpc) is 3.23. The number of rotatable bonds is 5. The molecular weight excluding hydrogens is 412 g/mol. The van der Waals surface area contributed by atoms with Crippen LogP contribution in [0.1, 0.15) is 55.7 Å². The van der Waals surface area contributed by atoms with Crippen molar-refractivity contribution in [3.05, 3.63) is 52.8 Å². The van der Waals surface area contributed by atoms with E-state index < -0.39 is 5.41 Å². The number of carbonyl (C=O) groups excluding carboxylic acids is 1. The van der Waals surface area contributed by atoms with Gasteiger partial charge in [-0.3, -0.25) is 4.79 Å². The Labute approximate surface area is 188 Å². The minimum atomic E-state index is -0.405. The molecule has 1 atom stereocenters. The Balaban J connectivity index is 1.24. The average molecular weight is 441 g/mol. The SMILES string of the molecule is O=C(NC1CCN(c2nccc(C3CCOCC3)n2)C1)C1(c2ccc(Cl)cc2)CCC1. The molecule has 5 rings (SSSR count). The fourth-order valence-corrected chi connectivity index (χ4v) is 5.19. The van der Waals surface area contributed by atoms with Gasteiger partial charge in [0.2, 0.25) is 11.9 Å². The molecule has 3 fully saturated rings. The number of anilines is 1. The molecule has 0 bridgehead atoms. The van der Waals surface area contributed by atoms with Gasteiger partial charge in [0.15, 0.2) is 0 Å². The minimum absolute atomic E-state index is 0.118. The fraction of sp³-hybridized carbons (Fsp3) is 0.542. The van der Waals surface area contributed by atoms with Crippen molar-refractivity contribution in [2.45, 2.75) is 55.9 Å². The second-order valence-corrected chi connectivity index (χ2v) is 9.45. The summed E-state index contributed by atoms with van der Waals surface area (Å²) in [6, 6.07) is 9.90. The van der Waals surface area contributed by atoms with E-state index in [1.807, 2.05) is 36.5 Å². The number of benzene rings is 1. The number of halogens is 1. The van der Waals surface area contributed by atoms with Crippen LogP contribution in [-0.2, 0) is 14.9 Å². The molecular formula is C24H29ClN4O2. The van der Waals surface area contributed by atoms with E-state index in [9.17, 15) is 4.79 Å². The Bertz CT molecular complexity index is 925. The molecule has 1 aliphatic carbocycles. The minimum Gasteiger partial charge on any atom is -0.381 e. The molecule has 31 heavy (non-hydrogen) atoms. The van der Waals surface area contributed by atoms with Crippen molar-refractivity contribution in [3.63, 3.8) is 0 Å². The molecule has 6 nitrogen and oxygen atoms in total. The summed E-state index contributed by atoms with van der Waals surface area (Å²) in [6.45, 7) is 3.21. The first kappa shape index (κ1) is 20.7. The summed E-state index contributed by atoms with van der Waals surface area (Å²) in [7, 11) is 0. The van der Waals surface area contributed by atoms with Gasteiger partial charge in [-0.1, -0.05) is 30.2 Å². The lowest BCUT2D eigenvalue weighted by atomic mass is 9.63. The van der Waals surface area contributed by atoms with Crippen LogP contribution >= 0.6 is 11.6 Å². The summed E-state index contributed by atoms with van der Waals surface area (Å²) >= 11 is 6.05. The van der Waals surface area contributed by atoms with Gasteiger partial charge in [0.1, 0.15) is 0 Å². The van der Waals surface area contributed by atoms with Gasteiger partial charge >= 0.3 is 0 Å². The van der Waals surface area contributed by atoms with Crippen LogP contribution in [0.15, 0.2) is 36.5 Å². The molecule has 3 heterocycles. The number of nitrogens with one attached hydrogen (secondary N) is 1. The molecule has 164 valence electrons. The van der Waals surface area contributed by atoms with Crippen LogP contribution in [0.5, 0.6) is 0 Å². The lowest BCUT2D eigenvalue weighted by molar-refractivity contribution is -0.130. The maximum atomic E-state index is 13.3. The molecule has 1 unspecified atom stereocenters.